The number of ether oxygens (including phenoxy) is 3. The second-order valence-corrected chi connectivity index (χ2v) is 21.8. The largest absolute Gasteiger partial charge is 0.462 e. The van der Waals surface area contributed by atoms with Crippen LogP contribution >= 0.6 is 0 Å². The van der Waals surface area contributed by atoms with Crippen LogP contribution in [0.5, 0.6) is 0 Å². The van der Waals surface area contributed by atoms with E-state index in [0.29, 0.717) is 19.3 Å². The number of hydrogen-bond acceptors (Lipinski definition) is 6. The van der Waals surface area contributed by atoms with Crippen LogP contribution in [0.4, 0.5) is 0 Å². The molecule has 404 valence electrons. The molecule has 0 aliphatic carbocycles. The van der Waals surface area contributed by atoms with E-state index in [1.54, 1.807) is 0 Å². The molecule has 1 atom stereocenters. The zero-order chi connectivity index (χ0) is 49.5. The molecular weight excluding hydrogens is 841 g/mol. The van der Waals surface area contributed by atoms with E-state index in [1.807, 2.05) is 0 Å². The average Bonchev–Trinajstić information content (AvgIpc) is 3.32. The van der Waals surface area contributed by atoms with E-state index in [0.717, 1.165) is 63.7 Å². The Hall–Kier alpha value is -1.59. The number of hydrogen-bond donors (Lipinski definition) is 0. The van der Waals surface area contributed by atoms with Gasteiger partial charge in [0.2, 0.25) is 0 Å². The fourth-order valence-corrected chi connectivity index (χ4v) is 9.63. The molecule has 0 saturated carbocycles. The molecule has 0 heterocycles. The van der Waals surface area contributed by atoms with Gasteiger partial charge in [0.15, 0.2) is 6.10 Å². The lowest BCUT2D eigenvalue weighted by Crippen LogP contribution is -2.30. The van der Waals surface area contributed by atoms with Gasteiger partial charge in [-0.15, -0.1) is 0 Å². The van der Waals surface area contributed by atoms with Gasteiger partial charge >= 0.3 is 17.9 Å². The molecule has 0 fully saturated rings. The van der Waals surface area contributed by atoms with Gasteiger partial charge in [0.1, 0.15) is 13.2 Å². The van der Waals surface area contributed by atoms with Gasteiger partial charge in [-0.3, -0.25) is 14.4 Å². The predicted octanol–water partition coefficient (Wildman–Crippen LogP) is 20.6. The van der Waals surface area contributed by atoms with Crippen molar-refractivity contribution >= 4 is 17.9 Å². The monoisotopic (exact) mass is 961 g/mol. The highest BCUT2D eigenvalue weighted by Gasteiger charge is 2.19. The zero-order valence-electron chi connectivity index (χ0n) is 46.6. The maximum atomic E-state index is 12.9. The Balaban J connectivity index is 4.29. The molecule has 6 nitrogen and oxygen atoms in total. The van der Waals surface area contributed by atoms with Crippen molar-refractivity contribution in [2.45, 2.75) is 361 Å². The Morgan fingerprint density at radius 2 is 0.485 bits per heavy atom. The molecule has 0 aromatic heterocycles. The second kappa shape index (κ2) is 56.3. The first-order valence-electron chi connectivity index (χ1n) is 30.9. The first kappa shape index (κ1) is 66.4. The maximum absolute atomic E-state index is 12.9. The van der Waals surface area contributed by atoms with E-state index in [1.165, 1.54) is 250 Å². The fraction of sp³-hybridized carbons (Fsp3) is 0.952. The second-order valence-electron chi connectivity index (χ2n) is 21.8. The van der Waals surface area contributed by atoms with Gasteiger partial charge < -0.3 is 14.2 Å². The normalized spacial score (nSPS) is 12.0. The summed E-state index contributed by atoms with van der Waals surface area (Å²) < 4.78 is 16.9. The molecule has 0 aromatic carbocycles. The Labute approximate surface area is 425 Å². The van der Waals surface area contributed by atoms with Crippen LogP contribution in [0.15, 0.2) is 0 Å². The molecule has 0 bridgehead atoms. The predicted molar refractivity (Wildman–Crippen MR) is 293 cm³/mol. The third kappa shape index (κ3) is 55.3. The lowest BCUT2D eigenvalue weighted by molar-refractivity contribution is -0.167. The van der Waals surface area contributed by atoms with Crippen molar-refractivity contribution in [3.63, 3.8) is 0 Å². The minimum Gasteiger partial charge on any atom is -0.462 e. The van der Waals surface area contributed by atoms with Crippen molar-refractivity contribution in [3.05, 3.63) is 0 Å². The van der Waals surface area contributed by atoms with E-state index >= 15 is 0 Å². The quantitative estimate of drug-likeness (QED) is 0.0343. The highest BCUT2D eigenvalue weighted by atomic mass is 16.6. The van der Waals surface area contributed by atoms with E-state index in [9.17, 15) is 14.4 Å². The van der Waals surface area contributed by atoms with Crippen molar-refractivity contribution < 1.29 is 28.6 Å². The summed E-state index contributed by atoms with van der Waals surface area (Å²) in [5, 5.41) is 0. The smallest absolute Gasteiger partial charge is 0.306 e. The van der Waals surface area contributed by atoms with Crippen LogP contribution in [0.2, 0.25) is 0 Å². The standard InChI is InChI=1S/C62H120O6/c1-5-7-9-11-13-15-17-19-21-23-25-27-29-35-39-43-47-51-55-62(65)68-59(57-67-61(64)54-50-46-42-38-34-31-30-32-36-40-44-48-52-58(3)4)56-66-60(63)53-49-45-41-37-33-28-26-24-22-20-18-16-14-12-10-8-6-2/h58-59H,5-57H2,1-4H3/t59-/m1/s1. The molecule has 0 N–H and O–H groups in total. The summed E-state index contributed by atoms with van der Waals surface area (Å²) in [7, 11) is 0. The molecule has 0 radical (unpaired) electrons. The van der Waals surface area contributed by atoms with Crippen LogP contribution in [-0.4, -0.2) is 37.2 Å². The molecule has 68 heavy (non-hydrogen) atoms. The van der Waals surface area contributed by atoms with Crippen molar-refractivity contribution in [2.24, 2.45) is 5.92 Å². The van der Waals surface area contributed by atoms with Crippen molar-refractivity contribution in [1.29, 1.82) is 0 Å². The highest BCUT2D eigenvalue weighted by molar-refractivity contribution is 5.71. The molecular formula is C62H120O6. The maximum Gasteiger partial charge on any atom is 0.306 e. The van der Waals surface area contributed by atoms with Crippen LogP contribution in [0, 0.1) is 5.92 Å². The van der Waals surface area contributed by atoms with E-state index in [2.05, 4.69) is 27.7 Å². The molecule has 0 aliphatic rings. The third-order valence-corrected chi connectivity index (χ3v) is 14.3. The third-order valence-electron chi connectivity index (χ3n) is 14.3. The van der Waals surface area contributed by atoms with Gasteiger partial charge in [-0.05, 0) is 25.2 Å². The average molecular weight is 962 g/mol. The summed E-state index contributed by atoms with van der Waals surface area (Å²) in [5.74, 6) is 0.00339. The van der Waals surface area contributed by atoms with Crippen LogP contribution < -0.4 is 0 Å². The molecule has 6 heteroatoms. The lowest BCUT2D eigenvalue weighted by Gasteiger charge is -2.18. The molecule has 0 amide bonds. The van der Waals surface area contributed by atoms with Crippen molar-refractivity contribution in [2.75, 3.05) is 13.2 Å². The molecule has 0 saturated heterocycles. The van der Waals surface area contributed by atoms with Gasteiger partial charge in [-0.1, -0.05) is 317 Å². The van der Waals surface area contributed by atoms with Crippen LogP contribution in [-0.2, 0) is 28.6 Å². The summed E-state index contributed by atoms with van der Waals surface area (Å²) in [4.78, 5) is 38.2. The minimum atomic E-state index is -0.762. The topological polar surface area (TPSA) is 78.9 Å². The first-order valence-corrected chi connectivity index (χ1v) is 30.9. The highest BCUT2D eigenvalue weighted by Crippen LogP contribution is 2.18. The lowest BCUT2D eigenvalue weighted by atomic mass is 10.0. The van der Waals surface area contributed by atoms with Gasteiger partial charge in [-0.2, -0.15) is 0 Å². The summed E-state index contributed by atoms with van der Waals surface area (Å²) in [5.41, 5.74) is 0. The zero-order valence-corrected chi connectivity index (χ0v) is 46.6. The van der Waals surface area contributed by atoms with Crippen LogP contribution in [0.25, 0.3) is 0 Å². The first-order chi connectivity index (χ1) is 33.4. The summed E-state index contributed by atoms with van der Waals surface area (Å²) in [6, 6.07) is 0. The molecule has 0 aromatic rings. The van der Waals surface area contributed by atoms with Crippen molar-refractivity contribution in [3.8, 4) is 0 Å². The fourth-order valence-electron chi connectivity index (χ4n) is 9.63. The number of esters is 3. The van der Waals surface area contributed by atoms with Crippen molar-refractivity contribution in [1.82, 2.24) is 0 Å². The van der Waals surface area contributed by atoms with Gasteiger partial charge in [-0.25, -0.2) is 0 Å². The SMILES string of the molecule is CCCCCCCCCCCCCCCCCCCCC(=O)O[C@H](COC(=O)CCCCCCCCCCCCCCCCCCC)COC(=O)CCCCCCCCCCCCCCC(C)C. The Kier molecular flexibility index (Phi) is 55.0. The van der Waals surface area contributed by atoms with E-state index < -0.39 is 6.10 Å². The number of rotatable bonds is 57. The molecule has 0 rings (SSSR count). The number of carbonyl (C=O) groups is 3. The van der Waals surface area contributed by atoms with Crippen LogP contribution in [0.1, 0.15) is 355 Å². The van der Waals surface area contributed by atoms with E-state index in [-0.39, 0.29) is 31.1 Å². The number of carbonyl (C=O) groups excluding carboxylic acids is 3. The Morgan fingerprint density at radius 1 is 0.279 bits per heavy atom. The summed E-state index contributed by atoms with van der Waals surface area (Å²) in [6.45, 7) is 9.08. The summed E-state index contributed by atoms with van der Waals surface area (Å²) >= 11 is 0. The van der Waals surface area contributed by atoms with Crippen LogP contribution in [0.3, 0.4) is 0 Å². The number of unbranched alkanes of at least 4 members (excludes halogenated alkanes) is 44. The molecule has 0 unspecified atom stereocenters. The van der Waals surface area contributed by atoms with Gasteiger partial charge in [0.25, 0.3) is 0 Å². The molecule has 0 aliphatic heterocycles. The van der Waals surface area contributed by atoms with Gasteiger partial charge in [0, 0.05) is 19.3 Å². The van der Waals surface area contributed by atoms with E-state index in [4.69, 9.17) is 14.2 Å². The Morgan fingerprint density at radius 3 is 0.721 bits per heavy atom. The summed E-state index contributed by atoms with van der Waals surface area (Å²) in [6.07, 6.45) is 62.4. The molecule has 0 spiro atoms. The minimum absolute atomic E-state index is 0.0614. The Bertz CT molecular complexity index is 1030. The van der Waals surface area contributed by atoms with Gasteiger partial charge in [0.05, 0.1) is 0 Å².